The first-order valence-corrected chi connectivity index (χ1v) is 7.84. The van der Waals surface area contributed by atoms with Crippen LogP contribution in [0.25, 0.3) is 0 Å². The molecule has 8 nitrogen and oxygen atoms in total. The topological polar surface area (TPSA) is 105 Å². The van der Waals surface area contributed by atoms with Crippen molar-refractivity contribution in [1.82, 2.24) is 25.5 Å². The molecule has 3 aromatic heterocycles. The SMILES string of the molecule is O=C(NCCNc1ccc(Nc2ccncc2)nn1)c1cncc(F)c1. The minimum atomic E-state index is -0.550. The molecule has 0 aromatic carbocycles. The molecule has 0 radical (unpaired) electrons. The van der Waals surface area contributed by atoms with Crippen LogP contribution in [0.1, 0.15) is 10.4 Å². The minimum Gasteiger partial charge on any atom is -0.367 e. The van der Waals surface area contributed by atoms with E-state index in [0.717, 1.165) is 18.0 Å². The standard InChI is InChI=1S/C17H16FN7O/c18-13-9-12(10-20-11-13)17(26)22-8-7-21-15-1-2-16(25-24-15)23-14-3-5-19-6-4-14/h1-6,9-11H,7-8H2,(H,21,24)(H,22,26)(H,19,23,25). The molecule has 0 aliphatic rings. The summed E-state index contributed by atoms with van der Waals surface area (Å²) in [6, 6.07) is 8.34. The zero-order valence-corrected chi connectivity index (χ0v) is 13.7. The molecular formula is C17H16FN7O. The summed E-state index contributed by atoms with van der Waals surface area (Å²) in [6.07, 6.45) is 5.72. The maximum atomic E-state index is 13.0. The summed E-state index contributed by atoms with van der Waals surface area (Å²) in [5, 5.41) is 16.9. The van der Waals surface area contributed by atoms with E-state index in [0.29, 0.717) is 24.7 Å². The molecule has 3 N–H and O–H groups in total. The van der Waals surface area contributed by atoms with Crippen LogP contribution in [0.5, 0.6) is 0 Å². The first-order valence-electron chi connectivity index (χ1n) is 7.84. The van der Waals surface area contributed by atoms with Gasteiger partial charge >= 0.3 is 0 Å². The van der Waals surface area contributed by atoms with Gasteiger partial charge in [0, 0.05) is 37.4 Å². The molecule has 3 aromatic rings. The van der Waals surface area contributed by atoms with Crippen LogP contribution < -0.4 is 16.0 Å². The predicted molar refractivity (Wildman–Crippen MR) is 94.6 cm³/mol. The van der Waals surface area contributed by atoms with Crippen LogP contribution in [0.4, 0.5) is 21.7 Å². The van der Waals surface area contributed by atoms with E-state index >= 15 is 0 Å². The third-order valence-corrected chi connectivity index (χ3v) is 3.30. The number of carbonyl (C=O) groups is 1. The Balaban J connectivity index is 1.43. The zero-order chi connectivity index (χ0) is 18.2. The van der Waals surface area contributed by atoms with Crippen molar-refractivity contribution < 1.29 is 9.18 Å². The van der Waals surface area contributed by atoms with E-state index in [-0.39, 0.29) is 11.5 Å². The van der Waals surface area contributed by atoms with Crippen LogP contribution in [-0.2, 0) is 0 Å². The van der Waals surface area contributed by atoms with E-state index < -0.39 is 5.82 Å². The van der Waals surface area contributed by atoms with Gasteiger partial charge < -0.3 is 16.0 Å². The summed E-state index contributed by atoms with van der Waals surface area (Å²) in [5.74, 6) is 0.244. The minimum absolute atomic E-state index is 0.177. The molecule has 0 aliphatic carbocycles. The smallest absolute Gasteiger partial charge is 0.253 e. The van der Waals surface area contributed by atoms with Crippen molar-refractivity contribution in [3.63, 3.8) is 0 Å². The third-order valence-electron chi connectivity index (χ3n) is 3.30. The Morgan fingerprint density at radius 3 is 2.46 bits per heavy atom. The van der Waals surface area contributed by atoms with E-state index in [2.05, 4.69) is 36.1 Å². The Morgan fingerprint density at radius 1 is 0.962 bits per heavy atom. The highest BCUT2D eigenvalue weighted by molar-refractivity contribution is 5.93. The number of nitrogens with one attached hydrogen (secondary N) is 3. The summed E-state index contributed by atoms with van der Waals surface area (Å²) < 4.78 is 13.0. The van der Waals surface area contributed by atoms with Gasteiger partial charge in [-0.15, -0.1) is 10.2 Å². The van der Waals surface area contributed by atoms with Gasteiger partial charge in [-0.2, -0.15) is 0 Å². The second-order valence-corrected chi connectivity index (χ2v) is 5.24. The lowest BCUT2D eigenvalue weighted by atomic mass is 10.2. The maximum absolute atomic E-state index is 13.0. The van der Waals surface area contributed by atoms with Crippen molar-refractivity contribution in [2.24, 2.45) is 0 Å². The largest absolute Gasteiger partial charge is 0.367 e. The fraction of sp³-hybridized carbons (Fsp3) is 0.118. The number of anilines is 3. The summed E-state index contributed by atoms with van der Waals surface area (Å²) in [7, 11) is 0. The first kappa shape index (κ1) is 17.2. The Morgan fingerprint density at radius 2 is 1.73 bits per heavy atom. The molecule has 0 saturated carbocycles. The monoisotopic (exact) mass is 353 g/mol. The van der Waals surface area contributed by atoms with Gasteiger partial charge in [0.1, 0.15) is 11.6 Å². The number of nitrogens with zero attached hydrogens (tertiary/aromatic N) is 4. The van der Waals surface area contributed by atoms with Gasteiger partial charge in [-0.1, -0.05) is 0 Å². The highest BCUT2D eigenvalue weighted by atomic mass is 19.1. The highest BCUT2D eigenvalue weighted by Gasteiger charge is 2.06. The van der Waals surface area contributed by atoms with Crippen molar-refractivity contribution in [2.45, 2.75) is 0 Å². The Kier molecular flexibility index (Phi) is 5.61. The number of hydrogen-bond donors (Lipinski definition) is 3. The highest BCUT2D eigenvalue weighted by Crippen LogP contribution is 2.13. The second kappa shape index (κ2) is 8.47. The summed E-state index contributed by atoms with van der Waals surface area (Å²) in [6.45, 7) is 0.786. The molecule has 0 fully saturated rings. The number of carbonyl (C=O) groups excluding carboxylic acids is 1. The Hall–Kier alpha value is -3.62. The van der Waals surface area contributed by atoms with Crippen molar-refractivity contribution in [2.75, 3.05) is 23.7 Å². The predicted octanol–water partition coefficient (Wildman–Crippen LogP) is 1.99. The van der Waals surface area contributed by atoms with Crippen molar-refractivity contribution in [3.05, 3.63) is 66.5 Å². The molecular weight excluding hydrogens is 337 g/mol. The van der Waals surface area contributed by atoms with Crippen LogP contribution in [-0.4, -0.2) is 39.2 Å². The van der Waals surface area contributed by atoms with Gasteiger partial charge in [0.15, 0.2) is 5.82 Å². The molecule has 132 valence electrons. The van der Waals surface area contributed by atoms with Crippen molar-refractivity contribution >= 4 is 23.2 Å². The molecule has 0 unspecified atom stereocenters. The van der Waals surface area contributed by atoms with Crippen LogP contribution in [0.2, 0.25) is 0 Å². The van der Waals surface area contributed by atoms with E-state index in [1.165, 1.54) is 6.20 Å². The van der Waals surface area contributed by atoms with E-state index in [1.807, 2.05) is 12.1 Å². The number of hydrogen-bond acceptors (Lipinski definition) is 7. The van der Waals surface area contributed by atoms with Gasteiger partial charge in [-0.05, 0) is 30.3 Å². The Bertz CT molecular complexity index is 859. The molecule has 0 aliphatic heterocycles. The van der Waals surface area contributed by atoms with Crippen molar-refractivity contribution in [1.29, 1.82) is 0 Å². The molecule has 0 spiro atoms. The van der Waals surface area contributed by atoms with Crippen molar-refractivity contribution in [3.8, 4) is 0 Å². The van der Waals surface area contributed by atoms with Crippen LogP contribution in [0, 0.1) is 5.82 Å². The van der Waals surface area contributed by atoms with E-state index in [1.54, 1.807) is 24.5 Å². The van der Waals surface area contributed by atoms with Crippen LogP contribution >= 0.6 is 0 Å². The molecule has 9 heteroatoms. The quantitative estimate of drug-likeness (QED) is 0.558. The molecule has 0 saturated heterocycles. The normalized spacial score (nSPS) is 10.2. The average Bonchev–Trinajstić information content (AvgIpc) is 2.67. The summed E-state index contributed by atoms with van der Waals surface area (Å²) in [4.78, 5) is 19.4. The molecule has 3 rings (SSSR count). The van der Waals surface area contributed by atoms with Crippen LogP contribution in [0.3, 0.4) is 0 Å². The number of halogens is 1. The maximum Gasteiger partial charge on any atom is 0.253 e. The molecule has 3 heterocycles. The fourth-order valence-corrected chi connectivity index (χ4v) is 2.08. The molecule has 0 atom stereocenters. The van der Waals surface area contributed by atoms with Crippen LogP contribution in [0.15, 0.2) is 55.1 Å². The van der Waals surface area contributed by atoms with Gasteiger partial charge in [0.05, 0.1) is 11.8 Å². The lowest BCUT2D eigenvalue weighted by Gasteiger charge is -2.08. The number of rotatable bonds is 7. The zero-order valence-electron chi connectivity index (χ0n) is 13.7. The first-order chi connectivity index (χ1) is 12.7. The third kappa shape index (κ3) is 4.94. The molecule has 26 heavy (non-hydrogen) atoms. The lowest BCUT2D eigenvalue weighted by molar-refractivity contribution is 0.0954. The molecule has 0 bridgehead atoms. The Labute approximate surface area is 148 Å². The second-order valence-electron chi connectivity index (χ2n) is 5.24. The molecule has 1 amide bonds. The van der Waals surface area contributed by atoms with E-state index in [9.17, 15) is 9.18 Å². The fourth-order valence-electron chi connectivity index (χ4n) is 2.08. The van der Waals surface area contributed by atoms with Gasteiger partial charge in [0.2, 0.25) is 0 Å². The summed E-state index contributed by atoms with van der Waals surface area (Å²) in [5.41, 5.74) is 1.04. The number of amides is 1. The van der Waals surface area contributed by atoms with Gasteiger partial charge in [-0.3, -0.25) is 14.8 Å². The van der Waals surface area contributed by atoms with Gasteiger partial charge in [0.25, 0.3) is 5.91 Å². The lowest BCUT2D eigenvalue weighted by Crippen LogP contribution is -2.29. The van der Waals surface area contributed by atoms with Gasteiger partial charge in [-0.25, -0.2) is 4.39 Å². The number of pyridine rings is 2. The summed E-state index contributed by atoms with van der Waals surface area (Å²) >= 11 is 0. The number of aromatic nitrogens is 4. The van der Waals surface area contributed by atoms with E-state index in [4.69, 9.17) is 0 Å². The average molecular weight is 353 g/mol.